The molecule has 136 valence electrons. The first-order valence-electron chi connectivity index (χ1n) is 8.52. The molecule has 6 heteroatoms. The highest BCUT2D eigenvalue weighted by Gasteiger charge is 2.06. The van der Waals surface area contributed by atoms with Crippen molar-refractivity contribution in [1.82, 2.24) is 10.6 Å². The fourth-order valence-corrected chi connectivity index (χ4v) is 2.32. The van der Waals surface area contributed by atoms with Crippen LogP contribution in [0.2, 0.25) is 0 Å². The Morgan fingerprint density at radius 3 is 2.64 bits per heavy atom. The summed E-state index contributed by atoms with van der Waals surface area (Å²) in [4.78, 5) is 4.66. The van der Waals surface area contributed by atoms with E-state index in [2.05, 4.69) is 22.5 Å². The average Bonchev–Trinajstić information content (AvgIpc) is 3.16. The summed E-state index contributed by atoms with van der Waals surface area (Å²) in [6.45, 7) is 4.27. The minimum atomic E-state index is 0.521. The quantitative estimate of drug-likeness (QED) is 0.540. The Morgan fingerprint density at radius 2 is 1.96 bits per heavy atom. The molecule has 2 aromatic rings. The minimum absolute atomic E-state index is 0.521. The van der Waals surface area contributed by atoms with Crippen LogP contribution in [0.1, 0.15) is 24.7 Å². The molecule has 2 rings (SSSR count). The third-order valence-electron chi connectivity index (χ3n) is 3.69. The standard InChI is InChI=1S/C19H27N3O3/c1-4-10-20-19(21-11-9-16-6-5-12-25-16)22-14-15-7-8-17(23-2)13-18(15)24-3/h5-8,12-13H,4,9-11,14H2,1-3H3,(H2,20,21,22). The summed E-state index contributed by atoms with van der Waals surface area (Å²) in [6, 6.07) is 9.63. The number of furan rings is 1. The van der Waals surface area contributed by atoms with Gasteiger partial charge < -0.3 is 24.5 Å². The molecule has 0 bridgehead atoms. The molecule has 0 spiro atoms. The maximum Gasteiger partial charge on any atom is 0.191 e. The number of nitrogens with zero attached hydrogens (tertiary/aromatic N) is 1. The Labute approximate surface area is 149 Å². The molecular formula is C19H27N3O3. The summed E-state index contributed by atoms with van der Waals surface area (Å²) in [6.07, 6.45) is 3.53. The van der Waals surface area contributed by atoms with E-state index in [4.69, 9.17) is 13.9 Å². The molecule has 25 heavy (non-hydrogen) atoms. The van der Waals surface area contributed by atoms with E-state index in [1.807, 2.05) is 30.3 Å². The van der Waals surface area contributed by atoms with E-state index in [0.29, 0.717) is 6.54 Å². The van der Waals surface area contributed by atoms with Crippen molar-refractivity contribution in [2.45, 2.75) is 26.3 Å². The summed E-state index contributed by atoms with van der Waals surface area (Å²) in [7, 11) is 3.29. The number of guanidine groups is 1. The number of nitrogens with one attached hydrogen (secondary N) is 2. The van der Waals surface area contributed by atoms with Crippen molar-refractivity contribution in [1.29, 1.82) is 0 Å². The van der Waals surface area contributed by atoms with Crippen LogP contribution in [0.4, 0.5) is 0 Å². The van der Waals surface area contributed by atoms with Gasteiger partial charge in [0.2, 0.25) is 0 Å². The molecule has 1 aromatic heterocycles. The molecule has 0 aliphatic heterocycles. The second-order valence-electron chi connectivity index (χ2n) is 5.53. The summed E-state index contributed by atoms with van der Waals surface area (Å²) < 4.78 is 16.0. The first-order valence-corrected chi connectivity index (χ1v) is 8.52. The number of methoxy groups -OCH3 is 2. The number of rotatable bonds is 9. The lowest BCUT2D eigenvalue weighted by atomic mass is 10.2. The lowest BCUT2D eigenvalue weighted by molar-refractivity contribution is 0.391. The van der Waals surface area contributed by atoms with Gasteiger partial charge in [0.25, 0.3) is 0 Å². The van der Waals surface area contributed by atoms with Gasteiger partial charge in [0.15, 0.2) is 5.96 Å². The van der Waals surface area contributed by atoms with E-state index >= 15 is 0 Å². The van der Waals surface area contributed by atoms with Crippen molar-refractivity contribution in [3.63, 3.8) is 0 Å². The van der Waals surface area contributed by atoms with Crippen LogP contribution in [0.5, 0.6) is 11.5 Å². The van der Waals surface area contributed by atoms with Crippen molar-refractivity contribution in [3.05, 3.63) is 47.9 Å². The zero-order valence-corrected chi connectivity index (χ0v) is 15.2. The van der Waals surface area contributed by atoms with Gasteiger partial charge >= 0.3 is 0 Å². The SMILES string of the molecule is CCCNC(=NCc1ccc(OC)cc1OC)NCCc1ccco1. The lowest BCUT2D eigenvalue weighted by Crippen LogP contribution is -2.38. The van der Waals surface area contributed by atoms with Crippen LogP contribution in [-0.2, 0) is 13.0 Å². The number of hydrogen-bond donors (Lipinski definition) is 2. The zero-order valence-electron chi connectivity index (χ0n) is 15.2. The van der Waals surface area contributed by atoms with Gasteiger partial charge in [-0.25, -0.2) is 4.99 Å². The molecule has 0 saturated heterocycles. The maximum atomic E-state index is 5.43. The molecule has 6 nitrogen and oxygen atoms in total. The topological polar surface area (TPSA) is 68.0 Å². The van der Waals surface area contributed by atoms with Crippen LogP contribution in [0.25, 0.3) is 0 Å². The van der Waals surface area contributed by atoms with Crippen LogP contribution in [0, 0.1) is 0 Å². The van der Waals surface area contributed by atoms with E-state index in [1.54, 1.807) is 20.5 Å². The van der Waals surface area contributed by atoms with Crippen molar-refractivity contribution < 1.29 is 13.9 Å². The first-order chi connectivity index (χ1) is 12.3. The smallest absolute Gasteiger partial charge is 0.191 e. The lowest BCUT2D eigenvalue weighted by Gasteiger charge is -2.13. The predicted molar refractivity (Wildman–Crippen MR) is 99.4 cm³/mol. The second kappa shape index (κ2) is 10.3. The van der Waals surface area contributed by atoms with Crippen LogP contribution in [-0.4, -0.2) is 33.3 Å². The molecule has 0 atom stereocenters. The van der Waals surface area contributed by atoms with E-state index in [-0.39, 0.29) is 0 Å². The second-order valence-corrected chi connectivity index (χ2v) is 5.53. The van der Waals surface area contributed by atoms with Gasteiger partial charge in [0, 0.05) is 31.1 Å². The normalized spacial score (nSPS) is 11.2. The van der Waals surface area contributed by atoms with Gasteiger partial charge in [-0.1, -0.05) is 6.92 Å². The minimum Gasteiger partial charge on any atom is -0.497 e. The highest BCUT2D eigenvalue weighted by molar-refractivity contribution is 5.79. The van der Waals surface area contributed by atoms with E-state index in [0.717, 1.165) is 54.7 Å². The summed E-state index contributed by atoms with van der Waals surface area (Å²) >= 11 is 0. The van der Waals surface area contributed by atoms with E-state index in [9.17, 15) is 0 Å². The Morgan fingerprint density at radius 1 is 1.12 bits per heavy atom. The van der Waals surface area contributed by atoms with E-state index < -0.39 is 0 Å². The molecule has 0 radical (unpaired) electrons. The molecule has 0 unspecified atom stereocenters. The molecule has 1 aromatic carbocycles. The number of benzene rings is 1. The van der Waals surface area contributed by atoms with Crippen molar-refractivity contribution in [3.8, 4) is 11.5 Å². The van der Waals surface area contributed by atoms with Crippen molar-refractivity contribution in [2.24, 2.45) is 4.99 Å². The maximum absolute atomic E-state index is 5.43. The van der Waals surface area contributed by atoms with Gasteiger partial charge in [0.05, 0.1) is 27.0 Å². The third kappa shape index (κ3) is 6.06. The van der Waals surface area contributed by atoms with Gasteiger partial charge in [-0.05, 0) is 30.7 Å². The van der Waals surface area contributed by atoms with E-state index in [1.165, 1.54) is 0 Å². The Balaban J connectivity index is 1.98. The molecule has 0 amide bonds. The number of ether oxygens (including phenoxy) is 2. The molecule has 0 saturated carbocycles. The Kier molecular flexibility index (Phi) is 7.69. The van der Waals surface area contributed by atoms with Gasteiger partial charge in [-0.15, -0.1) is 0 Å². The molecule has 0 aliphatic rings. The monoisotopic (exact) mass is 345 g/mol. The van der Waals surface area contributed by atoms with Crippen LogP contribution >= 0.6 is 0 Å². The van der Waals surface area contributed by atoms with Crippen molar-refractivity contribution in [2.75, 3.05) is 27.3 Å². The van der Waals surface area contributed by atoms with Gasteiger partial charge in [-0.2, -0.15) is 0 Å². The summed E-state index contributed by atoms with van der Waals surface area (Å²) in [5.74, 6) is 3.28. The highest BCUT2D eigenvalue weighted by Crippen LogP contribution is 2.25. The van der Waals surface area contributed by atoms with Crippen LogP contribution < -0.4 is 20.1 Å². The average molecular weight is 345 g/mol. The molecule has 1 heterocycles. The van der Waals surface area contributed by atoms with Gasteiger partial charge in [-0.3, -0.25) is 0 Å². The van der Waals surface area contributed by atoms with Crippen molar-refractivity contribution >= 4 is 5.96 Å². The first kappa shape index (κ1) is 18.7. The van der Waals surface area contributed by atoms with Gasteiger partial charge in [0.1, 0.15) is 17.3 Å². The number of hydrogen-bond acceptors (Lipinski definition) is 4. The summed E-state index contributed by atoms with van der Waals surface area (Å²) in [5.41, 5.74) is 1.01. The fraction of sp³-hybridized carbons (Fsp3) is 0.421. The van der Waals surface area contributed by atoms with Crippen LogP contribution in [0.15, 0.2) is 46.0 Å². The zero-order chi connectivity index (χ0) is 17.9. The summed E-state index contributed by atoms with van der Waals surface area (Å²) in [5, 5.41) is 6.66. The van der Waals surface area contributed by atoms with Crippen LogP contribution in [0.3, 0.4) is 0 Å². The molecular weight excluding hydrogens is 318 g/mol. The Bertz CT molecular complexity index is 654. The fourth-order valence-electron chi connectivity index (χ4n) is 2.32. The highest BCUT2D eigenvalue weighted by atomic mass is 16.5. The molecule has 0 aliphatic carbocycles. The molecule has 0 fully saturated rings. The largest absolute Gasteiger partial charge is 0.497 e. The number of aliphatic imine (C=N–C) groups is 1. The third-order valence-corrected chi connectivity index (χ3v) is 3.69. The predicted octanol–water partition coefficient (Wildman–Crippen LogP) is 2.98. The Hall–Kier alpha value is -2.63. The molecule has 2 N–H and O–H groups in total.